The molecule has 2 aliphatic heterocycles. The fraction of sp³-hybridized carbons (Fsp3) is 0.500. The Morgan fingerprint density at radius 1 is 1.53 bits per heavy atom. The standard InChI is InChI=1S/C14H18N2O2S/c17-14(12-8-19-9-16-12)15-5-3-10-1-2-13-11(7-10)4-6-18-13/h1-2,7,12,16H,3-6,8-9H2,(H,15,17). The highest BCUT2D eigenvalue weighted by atomic mass is 32.2. The number of rotatable bonds is 4. The molecule has 4 nitrogen and oxygen atoms in total. The number of thioether (sulfide) groups is 1. The second kappa shape index (κ2) is 5.84. The van der Waals surface area contributed by atoms with Gasteiger partial charge in [0.1, 0.15) is 5.75 Å². The monoisotopic (exact) mass is 278 g/mol. The van der Waals surface area contributed by atoms with Gasteiger partial charge in [-0.2, -0.15) is 0 Å². The molecule has 0 bridgehead atoms. The van der Waals surface area contributed by atoms with Crippen LogP contribution in [-0.2, 0) is 17.6 Å². The Bertz CT molecular complexity index is 473. The SMILES string of the molecule is O=C(NCCc1ccc2c(c1)CCO2)C1CSCN1. The van der Waals surface area contributed by atoms with E-state index in [1.807, 2.05) is 6.07 Å². The summed E-state index contributed by atoms with van der Waals surface area (Å²) in [4.78, 5) is 11.8. The van der Waals surface area contributed by atoms with Crippen molar-refractivity contribution in [3.63, 3.8) is 0 Å². The molecular weight excluding hydrogens is 260 g/mol. The van der Waals surface area contributed by atoms with Crippen LogP contribution in [0.25, 0.3) is 0 Å². The van der Waals surface area contributed by atoms with Crippen LogP contribution in [0.5, 0.6) is 5.75 Å². The number of fused-ring (bicyclic) bond motifs is 1. The first-order valence-electron chi connectivity index (χ1n) is 6.66. The largest absolute Gasteiger partial charge is 0.493 e. The van der Waals surface area contributed by atoms with Gasteiger partial charge in [-0.05, 0) is 23.6 Å². The number of carbonyl (C=O) groups is 1. The van der Waals surface area contributed by atoms with Crippen molar-refractivity contribution in [3.05, 3.63) is 29.3 Å². The minimum Gasteiger partial charge on any atom is -0.493 e. The molecule has 0 spiro atoms. The zero-order valence-corrected chi connectivity index (χ0v) is 11.6. The van der Waals surface area contributed by atoms with Crippen LogP contribution in [-0.4, -0.2) is 36.7 Å². The molecule has 1 amide bonds. The van der Waals surface area contributed by atoms with Gasteiger partial charge in [0.25, 0.3) is 0 Å². The Balaban J connectivity index is 1.48. The summed E-state index contributed by atoms with van der Waals surface area (Å²) >= 11 is 1.77. The van der Waals surface area contributed by atoms with E-state index in [1.54, 1.807) is 11.8 Å². The summed E-state index contributed by atoms with van der Waals surface area (Å²) in [6, 6.07) is 6.30. The second-order valence-corrected chi connectivity index (χ2v) is 5.88. The quantitative estimate of drug-likeness (QED) is 0.861. The summed E-state index contributed by atoms with van der Waals surface area (Å²) in [7, 11) is 0. The van der Waals surface area contributed by atoms with Crippen LogP contribution in [0.1, 0.15) is 11.1 Å². The van der Waals surface area contributed by atoms with Crippen molar-refractivity contribution in [2.45, 2.75) is 18.9 Å². The van der Waals surface area contributed by atoms with Crippen LogP contribution in [0.2, 0.25) is 0 Å². The zero-order valence-electron chi connectivity index (χ0n) is 10.8. The van der Waals surface area contributed by atoms with Crippen molar-refractivity contribution in [1.82, 2.24) is 10.6 Å². The topological polar surface area (TPSA) is 50.4 Å². The summed E-state index contributed by atoms with van der Waals surface area (Å²) in [6.07, 6.45) is 1.87. The van der Waals surface area contributed by atoms with Gasteiger partial charge >= 0.3 is 0 Å². The molecule has 1 aromatic rings. The predicted molar refractivity (Wildman–Crippen MR) is 76.6 cm³/mol. The van der Waals surface area contributed by atoms with Gasteiger partial charge < -0.3 is 10.1 Å². The molecule has 1 aromatic carbocycles. The lowest BCUT2D eigenvalue weighted by molar-refractivity contribution is -0.122. The first kappa shape index (κ1) is 12.8. The van der Waals surface area contributed by atoms with Crippen molar-refractivity contribution in [2.24, 2.45) is 0 Å². The van der Waals surface area contributed by atoms with Crippen molar-refractivity contribution in [2.75, 3.05) is 24.8 Å². The highest BCUT2D eigenvalue weighted by Gasteiger charge is 2.21. The summed E-state index contributed by atoms with van der Waals surface area (Å²) in [5.41, 5.74) is 2.55. The van der Waals surface area contributed by atoms with E-state index in [2.05, 4.69) is 22.8 Å². The molecule has 0 radical (unpaired) electrons. The van der Waals surface area contributed by atoms with Crippen molar-refractivity contribution >= 4 is 17.7 Å². The zero-order chi connectivity index (χ0) is 13.1. The number of hydrogen-bond acceptors (Lipinski definition) is 4. The van der Waals surface area contributed by atoms with Crippen LogP contribution in [0.4, 0.5) is 0 Å². The van der Waals surface area contributed by atoms with Crippen LogP contribution >= 0.6 is 11.8 Å². The van der Waals surface area contributed by atoms with E-state index in [1.165, 1.54) is 11.1 Å². The lowest BCUT2D eigenvalue weighted by Crippen LogP contribution is -2.42. The maximum atomic E-state index is 11.8. The minimum atomic E-state index is -0.0154. The summed E-state index contributed by atoms with van der Waals surface area (Å²) < 4.78 is 5.48. The number of ether oxygens (including phenoxy) is 1. The molecule has 2 aliphatic rings. The van der Waals surface area contributed by atoms with E-state index in [0.717, 1.165) is 36.8 Å². The Hall–Kier alpha value is -1.20. The average molecular weight is 278 g/mol. The first-order chi connectivity index (χ1) is 9.33. The Kier molecular flexibility index (Phi) is 3.94. The molecule has 19 heavy (non-hydrogen) atoms. The van der Waals surface area contributed by atoms with E-state index in [-0.39, 0.29) is 11.9 Å². The minimum absolute atomic E-state index is 0.0154. The first-order valence-corrected chi connectivity index (χ1v) is 7.82. The van der Waals surface area contributed by atoms with Gasteiger partial charge in [0, 0.05) is 24.6 Å². The molecule has 102 valence electrons. The molecule has 5 heteroatoms. The Labute approximate surface area is 117 Å². The van der Waals surface area contributed by atoms with E-state index < -0.39 is 0 Å². The molecule has 2 heterocycles. The number of nitrogens with one attached hydrogen (secondary N) is 2. The van der Waals surface area contributed by atoms with Crippen LogP contribution in [0, 0.1) is 0 Å². The third-order valence-corrected chi connectivity index (χ3v) is 4.44. The Morgan fingerprint density at radius 2 is 2.47 bits per heavy atom. The number of hydrogen-bond donors (Lipinski definition) is 2. The van der Waals surface area contributed by atoms with E-state index in [0.29, 0.717) is 6.54 Å². The fourth-order valence-electron chi connectivity index (χ4n) is 2.41. The van der Waals surface area contributed by atoms with Crippen LogP contribution in [0.3, 0.4) is 0 Å². The van der Waals surface area contributed by atoms with Crippen LogP contribution < -0.4 is 15.4 Å². The molecular formula is C14H18N2O2S. The molecule has 0 aliphatic carbocycles. The third kappa shape index (κ3) is 3.04. The molecule has 0 aromatic heterocycles. The highest BCUT2D eigenvalue weighted by Crippen LogP contribution is 2.25. The molecule has 3 rings (SSSR count). The van der Waals surface area contributed by atoms with Crippen LogP contribution in [0.15, 0.2) is 18.2 Å². The van der Waals surface area contributed by atoms with Gasteiger partial charge in [-0.3, -0.25) is 10.1 Å². The smallest absolute Gasteiger partial charge is 0.238 e. The summed E-state index contributed by atoms with van der Waals surface area (Å²) in [6.45, 7) is 1.49. The normalized spacial score (nSPS) is 20.9. The average Bonchev–Trinajstić information content (AvgIpc) is 3.09. The van der Waals surface area contributed by atoms with E-state index in [4.69, 9.17) is 4.74 Å². The number of amides is 1. The van der Waals surface area contributed by atoms with Gasteiger partial charge in [-0.1, -0.05) is 12.1 Å². The number of carbonyl (C=O) groups excluding carboxylic acids is 1. The fourth-order valence-corrected chi connectivity index (χ4v) is 3.35. The maximum absolute atomic E-state index is 11.8. The third-order valence-electron chi connectivity index (χ3n) is 3.50. The Morgan fingerprint density at radius 3 is 3.32 bits per heavy atom. The highest BCUT2D eigenvalue weighted by molar-refractivity contribution is 7.99. The molecule has 1 saturated heterocycles. The van der Waals surface area contributed by atoms with Gasteiger partial charge in [-0.15, -0.1) is 11.8 Å². The van der Waals surface area contributed by atoms with Gasteiger partial charge in [-0.25, -0.2) is 0 Å². The van der Waals surface area contributed by atoms with Crippen molar-refractivity contribution in [3.8, 4) is 5.75 Å². The second-order valence-electron chi connectivity index (χ2n) is 4.85. The molecule has 1 atom stereocenters. The lowest BCUT2D eigenvalue weighted by Gasteiger charge is -2.10. The van der Waals surface area contributed by atoms with Crippen molar-refractivity contribution < 1.29 is 9.53 Å². The molecule has 2 N–H and O–H groups in total. The van der Waals surface area contributed by atoms with Gasteiger partial charge in [0.2, 0.25) is 5.91 Å². The van der Waals surface area contributed by atoms with Crippen molar-refractivity contribution in [1.29, 1.82) is 0 Å². The molecule has 1 unspecified atom stereocenters. The van der Waals surface area contributed by atoms with Gasteiger partial charge in [0.05, 0.1) is 12.6 Å². The van der Waals surface area contributed by atoms with Gasteiger partial charge in [0.15, 0.2) is 0 Å². The number of benzene rings is 1. The molecule has 0 saturated carbocycles. The maximum Gasteiger partial charge on any atom is 0.238 e. The summed E-state index contributed by atoms with van der Waals surface area (Å²) in [5, 5.41) is 6.17. The molecule has 1 fully saturated rings. The summed E-state index contributed by atoms with van der Waals surface area (Å²) in [5.74, 6) is 2.89. The lowest BCUT2D eigenvalue weighted by atomic mass is 10.1. The van der Waals surface area contributed by atoms with E-state index in [9.17, 15) is 4.79 Å². The van der Waals surface area contributed by atoms with E-state index >= 15 is 0 Å². The predicted octanol–water partition coefficient (Wildman–Crippen LogP) is 0.943.